The molecular weight excluding hydrogens is 730 g/mol. The van der Waals surface area contributed by atoms with Gasteiger partial charge in [0.1, 0.15) is 6.08 Å². The third kappa shape index (κ3) is 12.6. The number of benzene rings is 3. The maximum absolute atomic E-state index is 8.56. The van der Waals surface area contributed by atoms with Crippen LogP contribution in [0.25, 0.3) is 11.1 Å². The van der Waals surface area contributed by atoms with Crippen LogP contribution in [0.15, 0.2) is 101 Å². The number of allylic oxidation sites excluding steroid dienone is 6. The van der Waals surface area contributed by atoms with Crippen LogP contribution in [0.2, 0.25) is 20.1 Å². The predicted molar refractivity (Wildman–Crippen MR) is 153 cm³/mol. The topological polar surface area (TPSA) is 40.5 Å². The molecule has 0 amide bonds. The van der Waals surface area contributed by atoms with Crippen molar-refractivity contribution in [3.05, 3.63) is 127 Å². The molecule has 0 saturated heterocycles. The van der Waals surface area contributed by atoms with E-state index in [4.69, 9.17) is 75.5 Å². The summed E-state index contributed by atoms with van der Waals surface area (Å²) in [4.78, 5) is 0. The SMILES string of the molecule is Clc1cccc(-c2ccccc2)c1Cl.Clc1cccc(Br)c1Cl.OB(O)C1=CC=C[C+]=C1.[Cl][Pd][Cl]. The van der Waals surface area contributed by atoms with Crippen LogP contribution in [0.1, 0.15) is 0 Å². The molecule has 0 fully saturated rings. The van der Waals surface area contributed by atoms with Crippen LogP contribution in [0.5, 0.6) is 0 Å². The molecule has 0 radical (unpaired) electrons. The van der Waals surface area contributed by atoms with Gasteiger partial charge in [-0.15, -0.1) is 0 Å². The second kappa shape index (κ2) is 18.8. The van der Waals surface area contributed by atoms with Crippen molar-refractivity contribution in [1.29, 1.82) is 0 Å². The molecule has 2 N–H and O–H groups in total. The predicted octanol–water partition coefficient (Wildman–Crippen LogP) is 9.65. The van der Waals surface area contributed by atoms with Crippen LogP contribution < -0.4 is 0 Å². The van der Waals surface area contributed by atoms with E-state index in [0.717, 1.165) is 15.6 Å². The van der Waals surface area contributed by atoms with Crippen LogP contribution in [0, 0.1) is 6.08 Å². The van der Waals surface area contributed by atoms with Gasteiger partial charge in [-0.1, -0.05) is 94.9 Å². The quantitative estimate of drug-likeness (QED) is 0.156. The third-order valence-corrected chi connectivity index (χ3v) is 6.50. The van der Waals surface area contributed by atoms with Crippen molar-refractivity contribution in [2.45, 2.75) is 0 Å². The van der Waals surface area contributed by atoms with E-state index in [1.54, 1.807) is 30.4 Å². The molecule has 0 aliphatic heterocycles. The molecule has 2 nitrogen and oxygen atoms in total. The summed E-state index contributed by atoms with van der Waals surface area (Å²) >= 11 is 26.5. The van der Waals surface area contributed by atoms with Crippen molar-refractivity contribution in [2.24, 2.45) is 0 Å². The molecule has 0 spiro atoms. The molecule has 0 heterocycles. The molecule has 0 saturated carbocycles. The minimum atomic E-state index is -1.37. The molecule has 186 valence electrons. The Bertz CT molecular complexity index is 1120. The van der Waals surface area contributed by atoms with E-state index in [9.17, 15) is 0 Å². The van der Waals surface area contributed by atoms with E-state index in [0.29, 0.717) is 25.6 Å². The van der Waals surface area contributed by atoms with Crippen molar-refractivity contribution in [3.8, 4) is 11.1 Å². The first-order valence-corrected chi connectivity index (χ1v) is 15.8. The molecule has 1 aliphatic rings. The number of halogens is 7. The molecular formula is C24H17BBrCl6O2Pd+. The van der Waals surface area contributed by atoms with Gasteiger partial charge in [-0.25, -0.2) is 0 Å². The van der Waals surface area contributed by atoms with Gasteiger partial charge in [0.25, 0.3) is 0 Å². The summed E-state index contributed by atoms with van der Waals surface area (Å²) in [5.41, 5.74) is 2.53. The van der Waals surface area contributed by atoms with E-state index in [2.05, 4.69) is 22.0 Å². The van der Waals surface area contributed by atoms with Gasteiger partial charge >= 0.3 is 42.1 Å². The summed E-state index contributed by atoms with van der Waals surface area (Å²) in [6, 6.07) is 21.0. The fourth-order valence-electron chi connectivity index (χ4n) is 2.39. The Hall–Kier alpha value is -0.343. The zero-order chi connectivity index (χ0) is 26.2. The molecule has 3 aromatic rings. The van der Waals surface area contributed by atoms with Crippen molar-refractivity contribution in [3.63, 3.8) is 0 Å². The average Bonchev–Trinajstić information content (AvgIpc) is 2.86. The van der Waals surface area contributed by atoms with Gasteiger partial charge in [0.2, 0.25) is 0 Å². The Labute approximate surface area is 250 Å². The molecule has 3 aromatic carbocycles. The monoisotopic (exact) mass is 743 g/mol. The summed E-state index contributed by atoms with van der Waals surface area (Å²) < 4.78 is 0.830. The van der Waals surface area contributed by atoms with Gasteiger partial charge < -0.3 is 10.0 Å². The van der Waals surface area contributed by atoms with Gasteiger partial charge in [0.05, 0.1) is 31.6 Å². The first-order valence-electron chi connectivity index (χ1n) is 9.46. The molecule has 11 heteroatoms. The summed E-state index contributed by atoms with van der Waals surface area (Å²) in [5.74, 6) is 0. The fourth-order valence-corrected chi connectivity index (χ4v) is 3.58. The summed E-state index contributed by atoms with van der Waals surface area (Å²) in [7, 11) is 8.26. The number of hydrogen-bond acceptors (Lipinski definition) is 2. The van der Waals surface area contributed by atoms with E-state index in [1.165, 1.54) is 6.08 Å². The van der Waals surface area contributed by atoms with Gasteiger partial charge in [-0.2, -0.15) is 0 Å². The standard InChI is InChI=1S/C12H8Cl2.C6H6BO2.C6H3BrCl2.2ClH.Pd/c13-11-8-4-7-10(12(11)14)9-5-2-1-3-6-9;8-7(9)6-4-2-1-3-5-6;7-4-2-1-3-5(8)6(4)9;;;/h1-8H;1-2,4-5,8-9H;1-3H;2*1H;/q;+1;;;;+2/p-2. The molecule has 0 bridgehead atoms. The summed E-state index contributed by atoms with van der Waals surface area (Å²) in [5, 5.41) is 19.5. The van der Waals surface area contributed by atoms with Gasteiger partial charge in [0, 0.05) is 28.3 Å². The zero-order valence-corrected chi connectivity index (χ0v) is 25.3. The Balaban J connectivity index is 0.000000257. The van der Waals surface area contributed by atoms with Crippen LogP contribution in [0.3, 0.4) is 0 Å². The van der Waals surface area contributed by atoms with E-state index >= 15 is 0 Å². The summed E-state index contributed by atoms with van der Waals surface area (Å²) in [6.45, 7) is 0. The van der Waals surface area contributed by atoms with Crippen LogP contribution in [-0.2, 0) is 15.9 Å². The Morgan fingerprint density at radius 3 is 1.80 bits per heavy atom. The normalized spacial score (nSPS) is 10.9. The zero-order valence-electron chi connectivity index (χ0n) is 17.6. The number of rotatable bonds is 2. The second-order valence-electron chi connectivity index (χ2n) is 6.26. The van der Waals surface area contributed by atoms with Crippen molar-refractivity contribution < 1.29 is 26.0 Å². The Kier molecular flexibility index (Phi) is 17.6. The third-order valence-electron chi connectivity index (χ3n) is 3.97. The average molecular weight is 747 g/mol. The van der Waals surface area contributed by atoms with Crippen LogP contribution >= 0.6 is 81.4 Å². The Morgan fingerprint density at radius 1 is 0.771 bits per heavy atom. The summed E-state index contributed by atoms with van der Waals surface area (Å²) in [6.07, 6.45) is 9.28. The molecule has 35 heavy (non-hydrogen) atoms. The van der Waals surface area contributed by atoms with E-state index < -0.39 is 7.12 Å². The van der Waals surface area contributed by atoms with E-state index in [-0.39, 0.29) is 15.9 Å². The van der Waals surface area contributed by atoms with Crippen molar-refractivity contribution >= 4 is 88.5 Å². The molecule has 4 rings (SSSR count). The van der Waals surface area contributed by atoms with E-state index in [1.807, 2.05) is 54.6 Å². The van der Waals surface area contributed by atoms with Crippen LogP contribution in [0.4, 0.5) is 0 Å². The molecule has 0 unspecified atom stereocenters. The maximum atomic E-state index is 8.56. The van der Waals surface area contributed by atoms with Gasteiger partial charge in [-0.05, 0) is 39.7 Å². The number of hydrogen-bond donors (Lipinski definition) is 2. The van der Waals surface area contributed by atoms with Crippen molar-refractivity contribution in [1.82, 2.24) is 0 Å². The van der Waals surface area contributed by atoms with Crippen molar-refractivity contribution in [2.75, 3.05) is 0 Å². The minimum absolute atomic E-state index is 0.106. The van der Waals surface area contributed by atoms with Crippen LogP contribution in [-0.4, -0.2) is 17.2 Å². The van der Waals surface area contributed by atoms with Gasteiger partial charge in [-0.3, -0.25) is 0 Å². The Morgan fingerprint density at radius 2 is 1.34 bits per heavy atom. The molecule has 1 aliphatic carbocycles. The second-order valence-corrected chi connectivity index (χ2v) is 11.0. The molecule has 0 aromatic heterocycles. The first-order chi connectivity index (χ1) is 16.7. The first kappa shape index (κ1) is 32.7. The molecule has 0 atom stereocenters. The van der Waals surface area contributed by atoms with Gasteiger partial charge in [0.15, 0.2) is 0 Å². The fraction of sp³-hybridized carbons (Fsp3) is 0.